The number of nitrogens with zero attached hydrogens (tertiary/aromatic N) is 3. The van der Waals surface area contributed by atoms with E-state index in [1.54, 1.807) is 73.0 Å². The summed E-state index contributed by atoms with van der Waals surface area (Å²) in [5.74, 6) is -5.90. The smallest absolute Gasteiger partial charge is 0.351 e. The lowest BCUT2D eigenvalue weighted by molar-refractivity contribution is -0.296. The van der Waals surface area contributed by atoms with E-state index < -0.39 is 95.2 Å². The van der Waals surface area contributed by atoms with Gasteiger partial charge in [0, 0.05) is 36.2 Å². The molecule has 0 spiro atoms. The van der Waals surface area contributed by atoms with Crippen LogP contribution in [0.2, 0.25) is 0 Å². The molecule has 2 aliphatic heterocycles. The molecule has 12 atom stereocenters. The van der Waals surface area contributed by atoms with Gasteiger partial charge in [-0.2, -0.15) is 0 Å². The first-order valence-electron chi connectivity index (χ1n) is 22.9. The monoisotopic (exact) mass is 946 g/mol. The van der Waals surface area contributed by atoms with Crippen LogP contribution in [0.3, 0.4) is 0 Å². The largest absolute Gasteiger partial charge is 0.457 e. The number of ketones is 1. The molecule has 18 nitrogen and oxygen atoms in total. The Morgan fingerprint density at radius 2 is 1.78 bits per heavy atom. The van der Waals surface area contributed by atoms with Gasteiger partial charge in [0.15, 0.2) is 24.8 Å². The first kappa shape index (κ1) is 54.8. The van der Waals surface area contributed by atoms with E-state index in [0.717, 1.165) is 6.92 Å². The number of carbonyl (C=O) groups excluding carboxylic acids is 4. The van der Waals surface area contributed by atoms with Crippen LogP contribution in [-0.4, -0.2) is 130 Å². The predicted molar refractivity (Wildman–Crippen MR) is 245 cm³/mol. The second kappa shape index (κ2) is 23.0. The number of hydrogen-bond acceptors (Lipinski definition) is 17. The molecule has 3 heterocycles. The average Bonchev–Trinajstić information content (AvgIpc) is 3.73. The number of aliphatic hydroxyl groups is 2. The molecule has 19 heteroatoms. The van der Waals surface area contributed by atoms with Crippen molar-refractivity contribution in [3.63, 3.8) is 0 Å². The Balaban J connectivity index is 1.80. The summed E-state index contributed by atoms with van der Waals surface area (Å²) in [5.41, 5.74) is 1.01. The Labute approximate surface area is 393 Å². The molecule has 0 radical (unpaired) electrons. The van der Waals surface area contributed by atoms with Crippen LogP contribution in [-0.2, 0) is 54.3 Å². The zero-order chi connectivity index (χ0) is 50.2. The molecule has 67 heavy (non-hydrogen) atoms. The minimum Gasteiger partial charge on any atom is -0.457 e. The van der Waals surface area contributed by atoms with E-state index in [2.05, 4.69) is 15.5 Å². The molecule has 0 aliphatic carbocycles. The molecule has 1 aromatic heterocycles. The molecule has 0 saturated carbocycles. The summed E-state index contributed by atoms with van der Waals surface area (Å²) in [7, 11) is 3.59. The van der Waals surface area contributed by atoms with Gasteiger partial charge in [-0.05, 0) is 104 Å². The van der Waals surface area contributed by atoms with Gasteiger partial charge in [0.2, 0.25) is 11.8 Å². The summed E-state index contributed by atoms with van der Waals surface area (Å²) in [6, 6.07) is 6.64. The Bertz CT molecular complexity index is 2100. The number of allylic oxidation sites excluding steroid dienone is 1. The summed E-state index contributed by atoms with van der Waals surface area (Å²) < 4.78 is 53.3. The van der Waals surface area contributed by atoms with Gasteiger partial charge < -0.3 is 59.1 Å². The van der Waals surface area contributed by atoms with E-state index in [-0.39, 0.29) is 43.7 Å². The molecule has 2 aromatic rings. The Kier molecular flexibility index (Phi) is 18.8. The van der Waals surface area contributed by atoms with Gasteiger partial charge in [-0.15, -0.1) is 0 Å². The van der Waals surface area contributed by atoms with Crippen molar-refractivity contribution in [2.24, 2.45) is 17.0 Å². The van der Waals surface area contributed by atoms with Crippen molar-refractivity contribution < 1.29 is 66.7 Å². The van der Waals surface area contributed by atoms with Gasteiger partial charge in [-0.3, -0.25) is 14.4 Å². The highest BCUT2D eigenvalue weighted by Crippen LogP contribution is 2.40. The first-order chi connectivity index (χ1) is 31.3. The number of Topliss-reactive ketones (excluding diaryl/α,β-unsaturated/α-hetero) is 1. The fourth-order valence-electron chi connectivity index (χ4n) is 8.90. The molecule has 1 amide bonds. The maximum atomic E-state index is 17.0. The van der Waals surface area contributed by atoms with Crippen molar-refractivity contribution in [1.82, 2.24) is 15.2 Å². The van der Waals surface area contributed by atoms with Gasteiger partial charge in [0.25, 0.3) is 5.67 Å². The van der Waals surface area contributed by atoms with Crippen LogP contribution in [0, 0.1) is 11.8 Å². The van der Waals surface area contributed by atoms with E-state index in [4.69, 9.17) is 38.7 Å². The van der Waals surface area contributed by atoms with Gasteiger partial charge >= 0.3 is 11.9 Å². The highest BCUT2D eigenvalue weighted by Gasteiger charge is 2.55. The number of rotatable bonds is 15. The minimum atomic E-state index is -3.32. The lowest BCUT2D eigenvalue weighted by Gasteiger charge is -2.47. The van der Waals surface area contributed by atoms with Crippen LogP contribution in [0.1, 0.15) is 114 Å². The number of oxazole rings is 1. The standard InChI is InChI=1S/C48H72FN5O13/c1-14-33(53-63-25-34-24-62-43(51-34)31-18-17-19-32(50)21-31)23-61-42-28(6)38(52-37(56)16-3)26(4)22-46(9,59)41(67-44-39(65-30(8)55)35(54(12)13)20-27(5)64-44)29(7)40(57)47(10,49)45(58)66-36(15-2)48(42,11)60/h17-19,21,24,26-27,29,35-36,39,41-42,44,59-60H,14-16,20,22-23,25,50H2,1-13H3,(H,52,56)/t26-,27-,29+,35+,36-,39-,41-,42-,44+,46-,47+,48-/m1/s1. The van der Waals surface area contributed by atoms with E-state index in [9.17, 15) is 29.4 Å². The molecule has 2 aliphatic rings. The van der Waals surface area contributed by atoms with E-state index in [1.165, 1.54) is 34.0 Å². The fraction of sp³-hybridized carbons (Fsp3) is 0.667. The number of halogens is 1. The number of cyclic esters (lactones) is 1. The number of esters is 2. The number of benzene rings is 1. The predicted octanol–water partition coefficient (Wildman–Crippen LogP) is 5.57. The van der Waals surface area contributed by atoms with Crippen molar-refractivity contribution in [2.75, 3.05) is 26.4 Å². The summed E-state index contributed by atoms with van der Waals surface area (Å²) >= 11 is 0. The third kappa shape index (κ3) is 13.5. The van der Waals surface area contributed by atoms with E-state index in [1.807, 2.05) is 11.8 Å². The fourth-order valence-corrected chi connectivity index (χ4v) is 8.90. The van der Waals surface area contributed by atoms with E-state index >= 15 is 4.39 Å². The number of nitrogens with one attached hydrogen (secondary N) is 1. The molecular formula is C48H72FN5O13. The molecule has 0 bridgehead atoms. The lowest BCUT2D eigenvalue weighted by atomic mass is 9.76. The Morgan fingerprint density at radius 1 is 1.09 bits per heavy atom. The Morgan fingerprint density at radius 3 is 2.37 bits per heavy atom. The molecule has 1 aromatic carbocycles. The van der Waals surface area contributed by atoms with Gasteiger partial charge in [-0.25, -0.2) is 14.2 Å². The van der Waals surface area contributed by atoms with Gasteiger partial charge in [0.05, 0.1) is 36.2 Å². The molecule has 0 unspecified atom stereocenters. The number of aromatic nitrogens is 1. The zero-order valence-corrected chi connectivity index (χ0v) is 41.2. The van der Waals surface area contributed by atoms with Crippen LogP contribution < -0.4 is 11.1 Å². The summed E-state index contributed by atoms with van der Waals surface area (Å²) in [4.78, 5) is 66.0. The minimum absolute atomic E-state index is 0.0571. The number of nitrogens with two attached hydrogens (primary N) is 1. The number of oxime groups is 1. The van der Waals surface area contributed by atoms with Crippen molar-refractivity contribution in [3.05, 3.63) is 47.5 Å². The van der Waals surface area contributed by atoms with Gasteiger partial charge in [-0.1, -0.05) is 45.8 Å². The molecule has 5 N–H and O–H groups in total. The molecule has 374 valence electrons. The SMILES string of the molecule is CCC(=O)NC1=C(C)[C@@H](OCC(CC)=NOCc2coc(-c3cccc(N)c3)n2)[C@](C)(O)[C@@H](CC)OC(=O)[C@@](C)(F)C(=O)[C@H](C)[C@@H](O[C@@H]2O[C@H](C)C[C@H](N(C)C)[C@H]2OC(C)=O)[C@](C)(O)C[C@H]1C. The second-order valence-corrected chi connectivity index (χ2v) is 18.6. The number of alkyl halides is 1. The van der Waals surface area contributed by atoms with Crippen molar-refractivity contribution >= 4 is 35.0 Å². The van der Waals surface area contributed by atoms with Crippen LogP contribution in [0.4, 0.5) is 10.1 Å². The number of ether oxygens (including phenoxy) is 5. The number of likely N-dealkylation sites (N-methyl/N-ethyl adjacent to an activating group) is 1. The summed E-state index contributed by atoms with van der Waals surface area (Å²) in [6.07, 6.45) is -5.34. The number of anilines is 1. The summed E-state index contributed by atoms with van der Waals surface area (Å²) in [6.45, 7) is 16.0. The number of amides is 1. The molecular weight excluding hydrogens is 874 g/mol. The highest BCUT2D eigenvalue weighted by atomic mass is 19.1. The van der Waals surface area contributed by atoms with Crippen LogP contribution in [0.5, 0.6) is 0 Å². The quantitative estimate of drug-likeness (QED) is 0.0561. The van der Waals surface area contributed by atoms with Crippen molar-refractivity contribution in [2.45, 2.75) is 175 Å². The Hall–Kier alpha value is -4.79. The van der Waals surface area contributed by atoms with Crippen molar-refractivity contribution in [3.8, 4) is 11.5 Å². The van der Waals surface area contributed by atoms with Crippen molar-refractivity contribution in [1.29, 1.82) is 0 Å². The molecule has 4 rings (SSSR count). The van der Waals surface area contributed by atoms with Crippen LogP contribution in [0.15, 0.2) is 51.4 Å². The van der Waals surface area contributed by atoms with Crippen LogP contribution in [0.25, 0.3) is 11.5 Å². The van der Waals surface area contributed by atoms with Gasteiger partial charge in [0.1, 0.15) is 29.8 Å². The third-order valence-electron chi connectivity index (χ3n) is 12.5. The number of hydrogen-bond donors (Lipinski definition) is 4. The summed E-state index contributed by atoms with van der Waals surface area (Å²) in [5, 5.41) is 32.4. The van der Waals surface area contributed by atoms with E-state index in [0.29, 0.717) is 41.4 Å². The third-order valence-corrected chi connectivity index (χ3v) is 12.5. The molecule has 1 fully saturated rings. The normalized spacial score (nSPS) is 32.7. The zero-order valence-electron chi connectivity index (χ0n) is 41.2. The highest BCUT2D eigenvalue weighted by molar-refractivity contribution is 6.07. The molecule has 1 saturated heterocycles. The number of carbonyl (C=O) groups is 4. The lowest BCUT2D eigenvalue weighted by Crippen LogP contribution is -2.61. The maximum absolute atomic E-state index is 17.0. The van der Waals surface area contributed by atoms with Crippen LogP contribution >= 0.6 is 0 Å². The number of nitrogen functional groups attached to an aromatic ring is 1. The second-order valence-electron chi connectivity index (χ2n) is 18.6. The maximum Gasteiger partial charge on any atom is 0.351 e. The average molecular weight is 946 g/mol. The first-order valence-corrected chi connectivity index (χ1v) is 22.9. The topological polar surface area (TPSA) is 244 Å².